The lowest BCUT2D eigenvalue weighted by Gasteiger charge is -2.16. The summed E-state index contributed by atoms with van der Waals surface area (Å²) < 4.78 is 11.5. The van der Waals surface area contributed by atoms with Crippen LogP contribution in [0.15, 0.2) is 34.7 Å². The molecule has 6 nitrogen and oxygen atoms in total. The van der Waals surface area contributed by atoms with Gasteiger partial charge >= 0.3 is 5.97 Å². The van der Waals surface area contributed by atoms with Gasteiger partial charge in [0.1, 0.15) is 22.8 Å². The third-order valence-corrected chi connectivity index (χ3v) is 5.15. The van der Waals surface area contributed by atoms with E-state index >= 15 is 0 Å². The number of carboxylic acids is 1. The van der Waals surface area contributed by atoms with Crippen LogP contribution in [0.1, 0.15) is 59.5 Å². The Hall–Kier alpha value is -2.76. The van der Waals surface area contributed by atoms with Gasteiger partial charge in [-0.2, -0.15) is 0 Å². The lowest BCUT2D eigenvalue weighted by Crippen LogP contribution is -2.26. The third-order valence-electron chi connectivity index (χ3n) is 5.15. The SMILES string of the molecule is Cc1oc(CN(C)C(=O)CCc2cccc(OC3CCCC3)c2)cc1C(=O)O. The zero-order valence-electron chi connectivity index (χ0n) is 16.4. The summed E-state index contributed by atoms with van der Waals surface area (Å²) in [6, 6.07) is 9.43. The average molecular weight is 385 g/mol. The summed E-state index contributed by atoms with van der Waals surface area (Å²) in [4.78, 5) is 25.1. The lowest BCUT2D eigenvalue weighted by atomic mass is 10.1. The van der Waals surface area contributed by atoms with Gasteiger partial charge in [-0.05, 0) is 62.8 Å². The first-order chi connectivity index (χ1) is 13.4. The van der Waals surface area contributed by atoms with Crippen LogP contribution in [0, 0.1) is 6.92 Å². The second-order valence-electron chi connectivity index (χ2n) is 7.41. The molecule has 1 aliphatic carbocycles. The van der Waals surface area contributed by atoms with Crippen LogP contribution in [-0.4, -0.2) is 35.0 Å². The maximum atomic E-state index is 12.4. The number of carbonyl (C=O) groups is 2. The van der Waals surface area contributed by atoms with Gasteiger partial charge in [-0.25, -0.2) is 4.79 Å². The number of rotatable bonds is 8. The van der Waals surface area contributed by atoms with Crippen molar-refractivity contribution in [1.29, 1.82) is 0 Å². The molecule has 0 bridgehead atoms. The highest BCUT2D eigenvalue weighted by molar-refractivity contribution is 5.88. The second kappa shape index (κ2) is 8.95. The molecule has 1 saturated carbocycles. The molecule has 0 atom stereocenters. The fraction of sp³-hybridized carbons (Fsp3) is 0.455. The van der Waals surface area contributed by atoms with Crippen LogP contribution >= 0.6 is 0 Å². The average Bonchev–Trinajstić information content (AvgIpc) is 3.29. The van der Waals surface area contributed by atoms with Gasteiger partial charge in [-0.3, -0.25) is 4.79 Å². The molecular weight excluding hydrogens is 358 g/mol. The molecule has 28 heavy (non-hydrogen) atoms. The number of carboxylic acid groups (broad SMARTS) is 1. The first-order valence-corrected chi connectivity index (χ1v) is 9.74. The number of benzene rings is 1. The minimum absolute atomic E-state index is 0.0203. The van der Waals surface area contributed by atoms with E-state index < -0.39 is 5.97 Å². The number of amides is 1. The van der Waals surface area contributed by atoms with Crippen molar-refractivity contribution in [3.05, 3.63) is 53.0 Å². The van der Waals surface area contributed by atoms with Gasteiger partial charge < -0.3 is 19.2 Å². The summed E-state index contributed by atoms with van der Waals surface area (Å²) >= 11 is 0. The van der Waals surface area contributed by atoms with Gasteiger partial charge in [0.15, 0.2) is 0 Å². The lowest BCUT2D eigenvalue weighted by molar-refractivity contribution is -0.130. The number of furan rings is 1. The second-order valence-corrected chi connectivity index (χ2v) is 7.41. The highest BCUT2D eigenvalue weighted by Crippen LogP contribution is 2.25. The van der Waals surface area contributed by atoms with Crippen LogP contribution in [0.2, 0.25) is 0 Å². The Morgan fingerprint density at radius 1 is 1.25 bits per heavy atom. The predicted octanol–water partition coefficient (Wildman–Crippen LogP) is 4.20. The molecule has 1 aliphatic rings. The van der Waals surface area contributed by atoms with Gasteiger partial charge in [0, 0.05) is 13.5 Å². The number of hydrogen-bond donors (Lipinski definition) is 1. The van der Waals surface area contributed by atoms with Crippen molar-refractivity contribution in [2.45, 2.75) is 58.1 Å². The minimum atomic E-state index is -1.03. The largest absolute Gasteiger partial charge is 0.490 e. The summed E-state index contributed by atoms with van der Waals surface area (Å²) in [5, 5.41) is 9.09. The maximum Gasteiger partial charge on any atom is 0.339 e. The zero-order valence-corrected chi connectivity index (χ0v) is 16.4. The highest BCUT2D eigenvalue weighted by Gasteiger charge is 2.18. The highest BCUT2D eigenvalue weighted by atomic mass is 16.5. The van der Waals surface area contributed by atoms with Crippen LogP contribution in [0.25, 0.3) is 0 Å². The molecule has 1 aromatic carbocycles. The maximum absolute atomic E-state index is 12.4. The standard InChI is InChI=1S/C22H27NO5/c1-15-20(22(25)26)13-19(27-15)14-23(2)21(24)11-10-16-6-5-9-18(12-16)28-17-7-3-4-8-17/h5-6,9,12-13,17H,3-4,7-8,10-11,14H2,1-2H3,(H,25,26). The number of aromatic carboxylic acids is 1. The Balaban J connectivity index is 1.51. The Morgan fingerprint density at radius 3 is 2.68 bits per heavy atom. The molecule has 0 radical (unpaired) electrons. The number of aryl methyl sites for hydroxylation is 2. The molecule has 1 aromatic heterocycles. The fourth-order valence-corrected chi connectivity index (χ4v) is 3.57. The van der Waals surface area contributed by atoms with E-state index in [1.807, 2.05) is 24.3 Å². The van der Waals surface area contributed by atoms with Crippen molar-refractivity contribution in [2.75, 3.05) is 7.05 Å². The summed E-state index contributed by atoms with van der Waals surface area (Å²) in [5.41, 5.74) is 1.20. The molecule has 1 heterocycles. The van der Waals surface area contributed by atoms with E-state index in [-0.39, 0.29) is 18.0 Å². The van der Waals surface area contributed by atoms with E-state index in [2.05, 4.69) is 0 Å². The Morgan fingerprint density at radius 2 is 2.00 bits per heavy atom. The van der Waals surface area contributed by atoms with Crippen molar-refractivity contribution in [3.8, 4) is 5.75 Å². The first-order valence-electron chi connectivity index (χ1n) is 9.74. The van der Waals surface area contributed by atoms with Gasteiger partial charge in [0.2, 0.25) is 5.91 Å². The molecule has 6 heteroatoms. The molecule has 2 aromatic rings. The van der Waals surface area contributed by atoms with Gasteiger partial charge in [-0.15, -0.1) is 0 Å². The topological polar surface area (TPSA) is 80.0 Å². The normalized spacial score (nSPS) is 14.2. The van der Waals surface area contributed by atoms with Crippen LogP contribution in [0.4, 0.5) is 0 Å². The summed E-state index contributed by atoms with van der Waals surface area (Å²) in [6.45, 7) is 1.85. The monoisotopic (exact) mass is 385 g/mol. The molecule has 0 spiro atoms. The third kappa shape index (κ3) is 5.15. The molecule has 3 rings (SSSR count). The molecule has 0 saturated heterocycles. The number of ether oxygens (including phenoxy) is 1. The van der Waals surface area contributed by atoms with Gasteiger partial charge in [-0.1, -0.05) is 12.1 Å². The van der Waals surface area contributed by atoms with E-state index in [0.717, 1.165) is 24.2 Å². The van der Waals surface area contributed by atoms with Crippen molar-refractivity contribution >= 4 is 11.9 Å². The van der Waals surface area contributed by atoms with Crippen LogP contribution in [0.3, 0.4) is 0 Å². The van der Waals surface area contributed by atoms with E-state index in [1.54, 1.807) is 18.9 Å². The van der Waals surface area contributed by atoms with Crippen molar-refractivity contribution in [1.82, 2.24) is 4.90 Å². The first kappa shape index (κ1) is 20.0. The van der Waals surface area contributed by atoms with Crippen molar-refractivity contribution in [3.63, 3.8) is 0 Å². The van der Waals surface area contributed by atoms with Gasteiger partial charge in [0.05, 0.1) is 12.6 Å². The van der Waals surface area contributed by atoms with Crippen molar-refractivity contribution < 1.29 is 23.8 Å². The van der Waals surface area contributed by atoms with E-state index in [1.165, 1.54) is 18.9 Å². The Bertz CT molecular complexity index is 835. The quantitative estimate of drug-likeness (QED) is 0.737. The molecule has 0 unspecified atom stereocenters. The number of carbonyl (C=O) groups excluding carboxylic acids is 1. The summed E-state index contributed by atoms with van der Waals surface area (Å²) in [5.74, 6) is 0.645. The molecule has 150 valence electrons. The van der Waals surface area contributed by atoms with Crippen LogP contribution in [0.5, 0.6) is 5.75 Å². The van der Waals surface area contributed by atoms with Gasteiger partial charge in [0.25, 0.3) is 0 Å². The smallest absolute Gasteiger partial charge is 0.339 e. The van der Waals surface area contributed by atoms with Crippen molar-refractivity contribution in [2.24, 2.45) is 0 Å². The zero-order chi connectivity index (χ0) is 20.1. The molecule has 1 amide bonds. The number of nitrogens with zero attached hydrogens (tertiary/aromatic N) is 1. The summed E-state index contributed by atoms with van der Waals surface area (Å²) in [7, 11) is 1.69. The molecule has 1 fully saturated rings. The number of hydrogen-bond acceptors (Lipinski definition) is 4. The molecule has 0 aliphatic heterocycles. The molecule has 1 N–H and O–H groups in total. The minimum Gasteiger partial charge on any atom is -0.490 e. The van der Waals surface area contributed by atoms with E-state index in [4.69, 9.17) is 14.3 Å². The van der Waals surface area contributed by atoms with Crippen LogP contribution in [-0.2, 0) is 17.8 Å². The Kier molecular flexibility index (Phi) is 6.39. The van der Waals surface area contributed by atoms with Crippen LogP contribution < -0.4 is 4.74 Å². The van der Waals surface area contributed by atoms with E-state index in [0.29, 0.717) is 30.5 Å². The fourth-order valence-electron chi connectivity index (χ4n) is 3.57. The summed E-state index contributed by atoms with van der Waals surface area (Å²) in [6.07, 6.45) is 6.00. The van der Waals surface area contributed by atoms with E-state index in [9.17, 15) is 9.59 Å². The Labute approximate surface area is 165 Å². The predicted molar refractivity (Wildman–Crippen MR) is 105 cm³/mol. The molecular formula is C22H27NO5.